The van der Waals surface area contributed by atoms with Gasteiger partial charge in [0.25, 0.3) is 0 Å². The van der Waals surface area contributed by atoms with Gasteiger partial charge in [0.1, 0.15) is 6.10 Å². The second-order valence-corrected chi connectivity index (χ2v) is 4.74. The molecule has 1 aromatic carbocycles. The molecule has 18 heavy (non-hydrogen) atoms. The van der Waals surface area contributed by atoms with Crippen molar-refractivity contribution in [3.63, 3.8) is 0 Å². The van der Waals surface area contributed by atoms with Gasteiger partial charge in [-0.1, -0.05) is 37.6 Å². The normalized spacial score (nSPS) is 12.7. The Morgan fingerprint density at radius 2 is 2.17 bits per heavy atom. The lowest BCUT2D eigenvalue weighted by molar-refractivity contribution is 0.219. The van der Waals surface area contributed by atoms with Crippen LogP contribution in [0.25, 0.3) is 0 Å². The van der Waals surface area contributed by atoms with E-state index >= 15 is 0 Å². The summed E-state index contributed by atoms with van der Waals surface area (Å²) >= 11 is 0. The molecule has 3 heteroatoms. The standard InChI is InChI=1S/C15H20N2O/c1-4-6-12-7-5-8-13(9-12)15(18)14-10-17(3)16-11(14)2/h5,7-10,15,18H,4,6H2,1-3H3. The summed E-state index contributed by atoms with van der Waals surface area (Å²) in [6.45, 7) is 4.09. The van der Waals surface area contributed by atoms with Crippen molar-refractivity contribution in [2.24, 2.45) is 7.05 Å². The van der Waals surface area contributed by atoms with E-state index in [0.29, 0.717) is 0 Å². The molecule has 0 saturated carbocycles. The highest BCUT2D eigenvalue weighted by molar-refractivity contribution is 5.33. The molecule has 0 amide bonds. The number of nitrogens with zero attached hydrogens (tertiary/aromatic N) is 2. The second-order valence-electron chi connectivity index (χ2n) is 4.74. The Morgan fingerprint density at radius 1 is 1.39 bits per heavy atom. The lowest BCUT2D eigenvalue weighted by atomic mass is 9.99. The van der Waals surface area contributed by atoms with Crippen molar-refractivity contribution in [1.82, 2.24) is 9.78 Å². The van der Waals surface area contributed by atoms with Crippen molar-refractivity contribution in [2.75, 3.05) is 0 Å². The third kappa shape index (κ3) is 2.62. The highest BCUT2D eigenvalue weighted by Crippen LogP contribution is 2.24. The Balaban J connectivity index is 2.30. The maximum Gasteiger partial charge on any atom is 0.107 e. The zero-order valence-corrected chi connectivity index (χ0v) is 11.2. The van der Waals surface area contributed by atoms with Crippen molar-refractivity contribution in [3.8, 4) is 0 Å². The summed E-state index contributed by atoms with van der Waals surface area (Å²) in [5.41, 5.74) is 3.98. The molecule has 1 atom stereocenters. The average Bonchev–Trinajstić information content (AvgIpc) is 2.68. The predicted molar refractivity (Wildman–Crippen MR) is 72.4 cm³/mol. The summed E-state index contributed by atoms with van der Waals surface area (Å²) in [7, 11) is 1.87. The van der Waals surface area contributed by atoms with Crippen molar-refractivity contribution in [2.45, 2.75) is 32.8 Å². The van der Waals surface area contributed by atoms with Crippen molar-refractivity contribution in [3.05, 3.63) is 52.8 Å². The van der Waals surface area contributed by atoms with Gasteiger partial charge in [0, 0.05) is 18.8 Å². The molecule has 3 nitrogen and oxygen atoms in total. The third-order valence-electron chi connectivity index (χ3n) is 3.15. The molecule has 1 aromatic heterocycles. The number of aryl methyl sites for hydroxylation is 3. The van der Waals surface area contributed by atoms with Gasteiger partial charge in [-0.2, -0.15) is 5.10 Å². The van der Waals surface area contributed by atoms with E-state index in [1.165, 1.54) is 5.56 Å². The molecule has 96 valence electrons. The minimum Gasteiger partial charge on any atom is -0.384 e. The number of rotatable bonds is 4. The molecule has 0 radical (unpaired) electrons. The molecule has 1 N–H and O–H groups in total. The lowest BCUT2D eigenvalue weighted by Gasteiger charge is -2.11. The Bertz CT molecular complexity index is 531. The Morgan fingerprint density at radius 3 is 2.78 bits per heavy atom. The summed E-state index contributed by atoms with van der Waals surface area (Å²) in [4.78, 5) is 0. The van der Waals surface area contributed by atoms with E-state index in [0.717, 1.165) is 29.7 Å². The highest BCUT2D eigenvalue weighted by atomic mass is 16.3. The van der Waals surface area contributed by atoms with Gasteiger partial charge in [-0.05, 0) is 24.5 Å². The molecule has 2 aromatic rings. The van der Waals surface area contributed by atoms with Gasteiger partial charge in [0.15, 0.2) is 0 Å². The number of aliphatic hydroxyl groups is 1. The Labute approximate surface area is 108 Å². The fourth-order valence-corrected chi connectivity index (χ4v) is 2.27. The topological polar surface area (TPSA) is 38.0 Å². The summed E-state index contributed by atoms with van der Waals surface area (Å²) in [6.07, 6.45) is 3.46. The maximum absolute atomic E-state index is 10.4. The summed E-state index contributed by atoms with van der Waals surface area (Å²) in [6, 6.07) is 8.17. The Hall–Kier alpha value is -1.61. The van der Waals surface area contributed by atoms with Crippen LogP contribution >= 0.6 is 0 Å². The molecule has 1 heterocycles. The fraction of sp³-hybridized carbons (Fsp3) is 0.400. The molecule has 0 saturated heterocycles. The monoisotopic (exact) mass is 244 g/mol. The minimum atomic E-state index is -0.587. The van der Waals surface area contributed by atoms with Crippen LogP contribution in [0.1, 0.15) is 41.8 Å². The largest absolute Gasteiger partial charge is 0.384 e. The summed E-state index contributed by atoms with van der Waals surface area (Å²) < 4.78 is 1.74. The molecular formula is C15H20N2O. The molecule has 0 bridgehead atoms. The first-order valence-corrected chi connectivity index (χ1v) is 6.39. The van der Waals surface area contributed by atoms with E-state index in [-0.39, 0.29) is 0 Å². The van der Waals surface area contributed by atoms with Crippen LogP contribution in [-0.4, -0.2) is 14.9 Å². The molecular weight excluding hydrogens is 224 g/mol. The molecule has 1 unspecified atom stereocenters. The van der Waals surface area contributed by atoms with Crippen LogP contribution in [0.5, 0.6) is 0 Å². The quantitative estimate of drug-likeness (QED) is 0.898. The number of hydrogen-bond donors (Lipinski definition) is 1. The van der Waals surface area contributed by atoms with Crippen LogP contribution in [0, 0.1) is 6.92 Å². The van der Waals surface area contributed by atoms with Gasteiger partial charge in [0.2, 0.25) is 0 Å². The zero-order valence-electron chi connectivity index (χ0n) is 11.2. The zero-order chi connectivity index (χ0) is 13.1. The van der Waals surface area contributed by atoms with E-state index in [2.05, 4.69) is 24.2 Å². The first kappa shape index (κ1) is 12.8. The number of benzene rings is 1. The molecule has 0 fully saturated rings. The van der Waals surface area contributed by atoms with Crippen LogP contribution in [0.3, 0.4) is 0 Å². The maximum atomic E-state index is 10.4. The number of hydrogen-bond acceptors (Lipinski definition) is 2. The Kier molecular flexibility index (Phi) is 3.82. The van der Waals surface area contributed by atoms with Gasteiger partial charge in [-0.3, -0.25) is 4.68 Å². The fourth-order valence-electron chi connectivity index (χ4n) is 2.27. The van der Waals surface area contributed by atoms with Crippen molar-refractivity contribution in [1.29, 1.82) is 0 Å². The smallest absolute Gasteiger partial charge is 0.107 e. The first-order valence-electron chi connectivity index (χ1n) is 6.39. The van der Waals surface area contributed by atoms with Gasteiger partial charge in [0.05, 0.1) is 5.69 Å². The van der Waals surface area contributed by atoms with Crippen molar-refractivity contribution >= 4 is 0 Å². The van der Waals surface area contributed by atoms with Crippen LogP contribution in [0.15, 0.2) is 30.5 Å². The van der Waals surface area contributed by atoms with Gasteiger partial charge in [-0.15, -0.1) is 0 Å². The van der Waals surface area contributed by atoms with E-state index in [4.69, 9.17) is 0 Å². The van der Waals surface area contributed by atoms with E-state index in [9.17, 15) is 5.11 Å². The molecule has 0 aliphatic rings. The molecule has 2 rings (SSSR count). The number of aromatic nitrogens is 2. The molecule has 0 spiro atoms. The average molecular weight is 244 g/mol. The first-order chi connectivity index (χ1) is 8.61. The van der Waals surface area contributed by atoms with E-state index in [1.807, 2.05) is 32.3 Å². The second kappa shape index (κ2) is 5.36. The van der Waals surface area contributed by atoms with Gasteiger partial charge < -0.3 is 5.11 Å². The van der Waals surface area contributed by atoms with Crippen molar-refractivity contribution < 1.29 is 5.11 Å². The van der Waals surface area contributed by atoms with Gasteiger partial charge in [-0.25, -0.2) is 0 Å². The minimum absolute atomic E-state index is 0.587. The predicted octanol–water partition coefficient (Wildman–Crippen LogP) is 2.76. The lowest BCUT2D eigenvalue weighted by Crippen LogP contribution is -2.01. The molecule has 0 aliphatic heterocycles. The van der Waals surface area contributed by atoms with E-state index < -0.39 is 6.10 Å². The van der Waals surface area contributed by atoms with E-state index in [1.54, 1.807) is 4.68 Å². The van der Waals surface area contributed by atoms with Crippen LogP contribution in [0.4, 0.5) is 0 Å². The SMILES string of the molecule is CCCc1cccc(C(O)c2cn(C)nc2C)c1. The molecule has 0 aliphatic carbocycles. The summed E-state index contributed by atoms with van der Waals surface area (Å²) in [5, 5.41) is 14.7. The van der Waals surface area contributed by atoms with Crippen LogP contribution in [0.2, 0.25) is 0 Å². The third-order valence-corrected chi connectivity index (χ3v) is 3.15. The van der Waals surface area contributed by atoms with Crippen LogP contribution < -0.4 is 0 Å². The van der Waals surface area contributed by atoms with Crippen LogP contribution in [-0.2, 0) is 13.5 Å². The van der Waals surface area contributed by atoms with Gasteiger partial charge >= 0.3 is 0 Å². The highest BCUT2D eigenvalue weighted by Gasteiger charge is 2.15. The summed E-state index contributed by atoms with van der Waals surface area (Å²) in [5.74, 6) is 0. The number of aliphatic hydroxyl groups excluding tert-OH is 1.